The molecule has 4 atom stereocenters. The lowest BCUT2D eigenvalue weighted by Gasteiger charge is -2.43. The van der Waals surface area contributed by atoms with E-state index in [0.717, 1.165) is 41.6 Å². The largest absolute Gasteiger partial charge is 0.455 e. The van der Waals surface area contributed by atoms with Crippen LogP contribution in [0.5, 0.6) is 0 Å². The molecule has 4 unspecified atom stereocenters. The van der Waals surface area contributed by atoms with Crippen LogP contribution in [0.3, 0.4) is 0 Å². The van der Waals surface area contributed by atoms with Crippen molar-refractivity contribution in [3.05, 3.63) is 52.3 Å². The number of piperazine rings is 1. The third-order valence-electron chi connectivity index (χ3n) is 7.77. The van der Waals surface area contributed by atoms with Crippen LogP contribution in [0.2, 0.25) is 0 Å². The van der Waals surface area contributed by atoms with Crippen LogP contribution in [0, 0.1) is 16.0 Å². The van der Waals surface area contributed by atoms with Gasteiger partial charge >= 0.3 is 0 Å². The van der Waals surface area contributed by atoms with E-state index in [9.17, 15) is 10.1 Å². The van der Waals surface area contributed by atoms with Gasteiger partial charge in [0.15, 0.2) is 5.76 Å². The second-order valence-electron chi connectivity index (χ2n) is 9.49. The lowest BCUT2D eigenvalue weighted by atomic mass is 9.78. The van der Waals surface area contributed by atoms with Gasteiger partial charge < -0.3 is 14.2 Å². The molecule has 6 heteroatoms. The van der Waals surface area contributed by atoms with Crippen LogP contribution in [0.1, 0.15) is 50.7 Å². The number of non-ortho nitro benzene ring substituents is 1. The van der Waals surface area contributed by atoms with Crippen molar-refractivity contribution in [1.82, 2.24) is 0 Å². The van der Waals surface area contributed by atoms with Gasteiger partial charge in [-0.25, -0.2) is 0 Å². The third kappa shape index (κ3) is 3.91. The van der Waals surface area contributed by atoms with E-state index in [1.165, 1.54) is 70.6 Å². The molecule has 2 aliphatic heterocycles. The SMILES string of the molecule is O=[N+]([O-])c1cccc(-c2ccc(C[NH+]3CC[NH+]4CCCC4C3C3CCCCC3)o2)c1. The molecule has 0 bridgehead atoms. The van der Waals surface area contributed by atoms with Crippen LogP contribution in [0.4, 0.5) is 5.69 Å². The second-order valence-corrected chi connectivity index (χ2v) is 9.49. The van der Waals surface area contributed by atoms with E-state index in [1.54, 1.807) is 17.0 Å². The zero-order valence-electron chi connectivity index (χ0n) is 17.6. The molecule has 0 amide bonds. The molecule has 2 aromatic rings. The number of rotatable bonds is 5. The van der Waals surface area contributed by atoms with Gasteiger partial charge in [-0.05, 0) is 25.0 Å². The molecule has 3 aliphatic rings. The Bertz CT molecular complexity index is 889. The molecule has 5 rings (SSSR count). The molecule has 6 nitrogen and oxygen atoms in total. The molecule has 2 N–H and O–H groups in total. The molecule has 2 saturated heterocycles. The van der Waals surface area contributed by atoms with Crippen molar-refractivity contribution in [3.63, 3.8) is 0 Å². The Labute approximate surface area is 178 Å². The monoisotopic (exact) mass is 411 g/mol. The maximum Gasteiger partial charge on any atom is 0.270 e. The highest BCUT2D eigenvalue weighted by Crippen LogP contribution is 2.29. The number of nitrogens with zero attached hydrogens (tertiary/aromatic N) is 1. The molecular weight excluding hydrogens is 378 g/mol. The number of hydrogen-bond acceptors (Lipinski definition) is 3. The second kappa shape index (κ2) is 8.52. The first kappa shape index (κ1) is 19.8. The standard InChI is InChI=1S/C24H31N3O3/c28-27(29)20-9-4-8-19(16-20)23-12-11-21(30-23)17-26-15-14-25-13-5-10-22(25)24(26)18-6-2-1-3-7-18/h4,8-9,11-12,16,18,22,24H,1-3,5-7,10,13-15,17H2/p+2. The highest BCUT2D eigenvalue weighted by atomic mass is 16.6. The summed E-state index contributed by atoms with van der Waals surface area (Å²) >= 11 is 0. The van der Waals surface area contributed by atoms with Gasteiger partial charge in [0.05, 0.1) is 11.5 Å². The lowest BCUT2D eigenvalue weighted by Crippen LogP contribution is -3.32. The number of nitro groups is 1. The van der Waals surface area contributed by atoms with E-state index in [1.807, 2.05) is 17.0 Å². The molecule has 3 fully saturated rings. The lowest BCUT2D eigenvalue weighted by molar-refractivity contribution is -1.05. The quantitative estimate of drug-likeness (QED) is 0.586. The number of nitrogens with one attached hydrogen (secondary N) is 2. The van der Waals surface area contributed by atoms with Gasteiger partial charge in [-0.15, -0.1) is 0 Å². The normalized spacial score (nSPS) is 29.6. The summed E-state index contributed by atoms with van der Waals surface area (Å²) in [7, 11) is 0. The molecule has 1 aliphatic carbocycles. The Morgan fingerprint density at radius 1 is 1.00 bits per heavy atom. The van der Waals surface area contributed by atoms with E-state index in [4.69, 9.17) is 4.42 Å². The van der Waals surface area contributed by atoms with E-state index in [-0.39, 0.29) is 10.6 Å². The average Bonchev–Trinajstić information content (AvgIpc) is 3.44. The smallest absolute Gasteiger partial charge is 0.270 e. The number of hydrogen-bond donors (Lipinski definition) is 2. The van der Waals surface area contributed by atoms with Crippen LogP contribution < -0.4 is 9.80 Å². The van der Waals surface area contributed by atoms with Gasteiger partial charge in [-0.3, -0.25) is 10.1 Å². The highest BCUT2D eigenvalue weighted by molar-refractivity contribution is 5.61. The Morgan fingerprint density at radius 2 is 1.87 bits per heavy atom. The van der Waals surface area contributed by atoms with Crippen LogP contribution in [0.25, 0.3) is 11.3 Å². The van der Waals surface area contributed by atoms with Gasteiger partial charge in [-0.1, -0.05) is 31.4 Å². The summed E-state index contributed by atoms with van der Waals surface area (Å²) in [6, 6.07) is 12.4. The summed E-state index contributed by atoms with van der Waals surface area (Å²) in [6.45, 7) is 4.79. The van der Waals surface area contributed by atoms with Crippen molar-refractivity contribution >= 4 is 5.69 Å². The molecule has 0 spiro atoms. The minimum atomic E-state index is -0.352. The number of furan rings is 1. The maximum absolute atomic E-state index is 11.1. The maximum atomic E-state index is 11.1. The number of benzene rings is 1. The molecule has 30 heavy (non-hydrogen) atoms. The van der Waals surface area contributed by atoms with Crippen molar-refractivity contribution in [2.75, 3.05) is 19.6 Å². The Kier molecular flexibility index (Phi) is 5.61. The van der Waals surface area contributed by atoms with Gasteiger partial charge in [0.25, 0.3) is 5.69 Å². The van der Waals surface area contributed by atoms with Gasteiger partial charge in [-0.2, -0.15) is 0 Å². The van der Waals surface area contributed by atoms with Crippen molar-refractivity contribution in [1.29, 1.82) is 0 Å². The molecule has 3 heterocycles. The van der Waals surface area contributed by atoms with Crippen LogP contribution in [0.15, 0.2) is 40.8 Å². The molecule has 1 aromatic heterocycles. The third-order valence-corrected chi connectivity index (χ3v) is 7.77. The van der Waals surface area contributed by atoms with E-state index in [0.29, 0.717) is 0 Å². The molecule has 1 saturated carbocycles. The van der Waals surface area contributed by atoms with Gasteiger partial charge in [0.2, 0.25) is 0 Å². The Balaban J connectivity index is 1.35. The summed E-state index contributed by atoms with van der Waals surface area (Å²) in [5.74, 6) is 2.60. The van der Waals surface area contributed by atoms with Crippen molar-refractivity contribution in [3.8, 4) is 11.3 Å². The highest BCUT2D eigenvalue weighted by Gasteiger charge is 2.49. The minimum Gasteiger partial charge on any atom is -0.455 e. The van der Waals surface area contributed by atoms with Crippen LogP contribution in [-0.2, 0) is 6.54 Å². The Hall–Kier alpha value is -2.18. The first-order valence-corrected chi connectivity index (χ1v) is 11.7. The topological polar surface area (TPSA) is 65.2 Å². The molecule has 0 radical (unpaired) electrons. The van der Waals surface area contributed by atoms with Crippen LogP contribution in [-0.4, -0.2) is 36.6 Å². The fourth-order valence-corrected chi connectivity index (χ4v) is 6.44. The first-order valence-electron chi connectivity index (χ1n) is 11.7. The van der Waals surface area contributed by atoms with Crippen molar-refractivity contribution in [2.24, 2.45) is 5.92 Å². The fourth-order valence-electron chi connectivity index (χ4n) is 6.44. The zero-order valence-corrected chi connectivity index (χ0v) is 17.6. The number of quaternary nitrogens is 2. The fraction of sp³-hybridized carbons (Fsp3) is 0.583. The van der Waals surface area contributed by atoms with E-state index < -0.39 is 0 Å². The molecule has 1 aromatic carbocycles. The summed E-state index contributed by atoms with van der Waals surface area (Å²) in [5, 5.41) is 11.1. The number of nitro benzene ring substituents is 1. The predicted molar refractivity (Wildman–Crippen MR) is 114 cm³/mol. The summed E-state index contributed by atoms with van der Waals surface area (Å²) in [5.41, 5.74) is 0.883. The van der Waals surface area contributed by atoms with E-state index in [2.05, 4.69) is 6.07 Å². The predicted octanol–water partition coefficient (Wildman–Crippen LogP) is 2.25. The van der Waals surface area contributed by atoms with Gasteiger partial charge in [0.1, 0.15) is 37.5 Å². The Morgan fingerprint density at radius 3 is 2.70 bits per heavy atom. The first-order chi connectivity index (χ1) is 14.7. The summed E-state index contributed by atoms with van der Waals surface area (Å²) in [4.78, 5) is 14.3. The van der Waals surface area contributed by atoms with Crippen molar-refractivity contribution < 1.29 is 19.1 Å². The number of fused-ring (bicyclic) bond motifs is 1. The molecular formula is C24H33N3O3+2. The summed E-state index contributed by atoms with van der Waals surface area (Å²) in [6.07, 6.45) is 9.77. The molecule has 160 valence electrons. The average molecular weight is 412 g/mol. The summed E-state index contributed by atoms with van der Waals surface area (Å²) < 4.78 is 6.20. The van der Waals surface area contributed by atoms with Crippen molar-refractivity contribution in [2.45, 2.75) is 63.6 Å². The van der Waals surface area contributed by atoms with E-state index >= 15 is 0 Å². The minimum absolute atomic E-state index is 0.105. The zero-order chi connectivity index (χ0) is 20.5. The van der Waals surface area contributed by atoms with Gasteiger partial charge in [0, 0.05) is 36.5 Å². The van der Waals surface area contributed by atoms with Crippen LogP contribution >= 0.6 is 0 Å².